The predicted molar refractivity (Wildman–Crippen MR) is 470 cm³/mol. The highest BCUT2D eigenvalue weighted by Gasteiger charge is 2.21. The minimum absolute atomic E-state index is 0.197. The molecule has 0 amide bonds. The molecule has 7 aromatic rings. The number of likely N-dealkylation sites (N-methyl/N-ethyl adjacent to an activating group) is 3. The highest BCUT2D eigenvalue weighted by Crippen LogP contribution is 2.32. The molecule has 624 valence electrons. The van der Waals surface area contributed by atoms with Gasteiger partial charge in [-0.2, -0.15) is 0 Å². The van der Waals surface area contributed by atoms with E-state index in [0.717, 1.165) is 261 Å². The molecular formula is C90H131Cl4N9O10. The second-order valence-electron chi connectivity index (χ2n) is 29.7. The summed E-state index contributed by atoms with van der Waals surface area (Å²) in [7, 11) is 8.14. The zero-order valence-electron chi connectivity index (χ0n) is 70.9. The van der Waals surface area contributed by atoms with Crippen LogP contribution < -0.4 is 44.5 Å². The van der Waals surface area contributed by atoms with Crippen molar-refractivity contribution in [1.29, 1.82) is 0 Å². The molecule has 23 heteroatoms. The summed E-state index contributed by atoms with van der Waals surface area (Å²) in [6.07, 6.45) is 6.14. The molecule has 4 aliphatic heterocycles. The number of halogens is 4. The number of rotatable bonds is 25. The number of esters is 1. The standard InChI is InChI=1S/C14H20ClNO2.C14H21NO2.C13H18ClNO.C13H20ClNO.C13H19NO.C12H17N3O2.C11H16ClNO/c1-11-9-12(2)14(10-13(11)15)18-8-5-16-3-6-17-7-4-16;1-4-15(5-2)10-11-17-14(16)13-8-6-12(3)7-9-13;1-9-7-10(2)13(8-12(9)14)16-11-3-5-15-6-4-11;1-10-8-11(2)13(9-12(10)14)16-7-5-6-15(3)4;1-10-3-4-13(11(2)9-10)15-12-5-7-14-8-6-12;1-10-9-11(3-4-12(10)15(16)17)14-7-5-13(2)6-8-14;1-8-6-9(2)11(7-10(8)12)14-5-4-13-3/h9-10H,3-8H2,1-2H3;6-9H,4-5,10-11H2,1-3H3;7-8,11,15H,3-6H2,1-2H3;8-9H,5-7H2,1-4H3;3-4,9,12,14H,5-8H2,1-2H3;3-4,9H,5-8H2,1-2H3;6-7,13H,4-5H2,1-3H3. The largest absolute Gasteiger partial charge is 0.493 e. The van der Waals surface area contributed by atoms with Gasteiger partial charge in [-0.25, -0.2) is 4.79 Å². The second-order valence-corrected chi connectivity index (χ2v) is 31.3. The molecule has 4 aliphatic rings. The van der Waals surface area contributed by atoms with Crippen molar-refractivity contribution in [2.75, 3.05) is 177 Å². The molecule has 0 atom stereocenters. The Morgan fingerprint density at radius 3 is 1.43 bits per heavy atom. The third-order valence-corrected chi connectivity index (χ3v) is 21.4. The Hall–Kier alpha value is -6.95. The Morgan fingerprint density at radius 2 is 0.973 bits per heavy atom. The molecule has 19 nitrogen and oxygen atoms in total. The molecule has 4 heterocycles. The average molecular weight is 1640 g/mol. The number of benzene rings is 7. The Labute approximate surface area is 697 Å². The molecule has 0 aliphatic carbocycles. The molecule has 0 unspecified atom stereocenters. The Morgan fingerprint density at radius 1 is 0.522 bits per heavy atom. The molecule has 0 bridgehead atoms. The maximum absolute atomic E-state index is 11.7. The summed E-state index contributed by atoms with van der Waals surface area (Å²) in [6, 6.07) is 35.0. The maximum atomic E-state index is 11.7. The van der Waals surface area contributed by atoms with Crippen molar-refractivity contribution < 1.29 is 42.9 Å². The van der Waals surface area contributed by atoms with Gasteiger partial charge < -0.3 is 68.7 Å². The molecular weight excluding hydrogens is 1510 g/mol. The second kappa shape index (κ2) is 52.6. The average Bonchev–Trinajstić information content (AvgIpc) is 0.857. The number of nitrogens with one attached hydrogen (secondary N) is 3. The third kappa shape index (κ3) is 36.4. The third-order valence-electron chi connectivity index (χ3n) is 19.8. The van der Waals surface area contributed by atoms with Gasteiger partial charge in [0.2, 0.25) is 0 Å². The van der Waals surface area contributed by atoms with E-state index in [-0.39, 0.29) is 16.6 Å². The van der Waals surface area contributed by atoms with Crippen LogP contribution in [0.15, 0.2) is 109 Å². The number of ether oxygens (including phenoxy) is 7. The molecule has 4 fully saturated rings. The van der Waals surface area contributed by atoms with E-state index in [1.807, 2.05) is 117 Å². The number of aryl methyl sites for hydroxylation is 12. The zero-order valence-corrected chi connectivity index (χ0v) is 73.9. The first-order valence-corrected chi connectivity index (χ1v) is 41.5. The fraction of sp³-hybridized carbons (Fsp3) is 0.522. The molecule has 0 aromatic heterocycles. The number of morpholine rings is 1. The summed E-state index contributed by atoms with van der Waals surface area (Å²) < 4.78 is 39.6. The summed E-state index contributed by atoms with van der Waals surface area (Å²) in [5, 5.41) is 23.5. The number of hydrogen-bond acceptors (Lipinski definition) is 18. The van der Waals surface area contributed by atoms with E-state index in [9.17, 15) is 14.9 Å². The van der Waals surface area contributed by atoms with E-state index in [2.05, 4.69) is 133 Å². The molecule has 11 rings (SSSR count). The van der Waals surface area contributed by atoms with Gasteiger partial charge in [0.25, 0.3) is 5.69 Å². The van der Waals surface area contributed by atoms with Crippen molar-refractivity contribution >= 4 is 63.7 Å². The fourth-order valence-corrected chi connectivity index (χ4v) is 13.2. The van der Waals surface area contributed by atoms with Crippen LogP contribution in [0.1, 0.15) is 123 Å². The monoisotopic (exact) mass is 1640 g/mol. The molecule has 7 aromatic carbocycles. The lowest BCUT2D eigenvalue weighted by molar-refractivity contribution is -0.385. The van der Waals surface area contributed by atoms with Crippen LogP contribution in [-0.4, -0.2) is 215 Å². The van der Waals surface area contributed by atoms with Gasteiger partial charge in [0.1, 0.15) is 60.8 Å². The SMILES string of the molecule is CCN(CC)CCOC(=O)c1ccc(C)cc1.CNCCOc1cc(Cl)c(C)cc1C.Cc1cc(C)c(OC2CCNCC2)cc1Cl.Cc1cc(C)c(OCCCN(C)C)cc1Cl.Cc1cc(C)c(OCCN2CCOCC2)cc1Cl.Cc1cc(N2CCN(C)CC2)ccc1[N+](=O)[O-].Cc1ccc(OC2CCNCC2)c(C)c1. The van der Waals surface area contributed by atoms with Crippen LogP contribution in [0.3, 0.4) is 0 Å². The Kier molecular flexibility index (Phi) is 45.0. The van der Waals surface area contributed by atoms with Gasteiger partial charge in [0, 0.05) is 103 Å². The van der Waals surface area contributed by atoms with Crippen LogP contribution >= 0.6 is 46.4 Å². The number of anilines is 1. The number of carbonyl (C=O) groups is 1. The fourth-order valence-electron chi connectivity index (χ4n) is 12.6. The quantitative estimate of drug-likeness (QED) is 0.0213. The molecule has 0 saturated carbocycles. The molecule has 4 saturated heterocycles. The molecule has 0 spiro atoms. The first-order valence-electron chi connectivity index (χ1n) is 40.0. The lowest BCUT2D eigenvalue weighted by Gasteiger charge is -2.34. The van der Waals surface area contributed by atoms with E-state index >= 15 is 0 Å². The first-order chi connectivity index (χ1) is 54.0. The summed E-state index contributed by atoms with van der Waals surface area (Å²) in [5.41, 5.74) is 15.3. The van der Waals surface area contributed by atoms with E-state index in [0.29, 0.717) is 37.6 Å². The van der Waals surface area contributed by atoms with E-state index in [4.69, 9.17) is 79.6 Å². The highest BCUT2D eigenvalue weighted by atomic mass is 35.5. The predicted octanol–water partition coefficient (Wildman–Crippen LogP) is 18.2. The van der Waals surface area contributed by atoms with Gasteiger partial charge in [0.15, 0.2) is 0 Å². The van der Waals surface area contributed by atoms with E-state index < -0.39 is 0 Å². The van der Waals surface area contributed by atoms with Crippen molar-refractivity contribution in [1.82, 2.24) is 35.6 Å². The number of nitro benzene ring substituents is 1. The summed E-state index contributed by atoms with van der Waals surface area (Å²) in [6.45, 7) is 48.5. The molecule has 113 heavy (non-hydrogen) atoms. The highest BCUT2D eigenvalue weighted by molar-refractivity contribution is 6.32. The van der Waals surface area contributed by atoms with Crippen LogP contribution in [0.2, 0.25) is 20.1 Å². The molecule has 3 N–H and O–H groups in total. The van der Waals surface area contributed by atoms with Crippen molar-refractivity contribution in [3.63, 3.8) is 0 Å². The normalized spacial score (nSPS) is 14.5. The summed E-state index contributed by atoms with van der Waals surface area (Å²) in [4.78, 5) is 33.4. The van der Waals surface area contributed by atoms with Crippen LogP contribution in [0.5, 0.6) is 28.7 Å². The Balaban J connectivity index is 0.000000236. The number of nitro groups is 1. The minimum atomic E-state index is -0.330. The van der Waals surface area contributed by atoms with Gasteiger partial charge in [-0.15, -0.1) is 0 Å². The van der Waals surface area contributed by atoms with Crippen LogP contribution in [0.4, 0.5) is 11.4 Å². The van der Waals surface area contributed by atoms with Crippen molar-refractivity contribution in [3.8, 4) is 28.7 Å². The van der Waals surface area contributed by atoms with Crippen molar-refractivity contribution in [2.24, 2.45) is 0 Å². The number of piperidine rings is 2. The lowest BCUT2D eigenvalue weighted by Crippen LogP contribution is -2.44. The number of nitrogens with zero attached hydrogens (tertiary/aromatic N) is 6. The van der Waals surface area contributed by atoms with Gasteiger partial charge in [0.05, 0.1) is 30.3 Å². The first kappa shape index (κ1) is 96.6. The smallest absolute Gasteiger partial charge is 0.338 e. The minimum Gasteiger partial charge on any atom is -0.493 e. The number of hydrogen-bond donors (Lipinski definition) is 3. The maximum Gasteiger partial charge on any atom is 0.338 e. The number of carbonyl (C=O) groups excluding carboxylic acids is 1. The Bertz CT molecular complexity index is 3950. The van der Waals surface area contributed by atoms with Gasteiger partial charge in [-0.05, 0) is 287 Å². The lowest BCUT2D eigenvalue weighted by atomic mass is 10.1. The summed E-state index contributed by atoms with van der Waals surface area (Å²) in [5.74, 6) is 4.40. The van der Waals surface area contributed by atoms with Crippen LogP contribution in [0, 0.1) is 93.2 Å². The van der Waals surface area contributed by atoms with Crippen LogP contribution in [0.25, 0.3) is 0 Å². The van der Waals surface area contributed by atoms with Crippen LogP contribution in [-0.2, 0) is 9.47 Å². The van der Waals surface area contributed by atoms with Crippen molar-refractivity contribution in [3.05, 3.63) is 212 Å². The van der Waals surface area contributed by atoms with E-state index in [1.54, 1.807) is 25.1 Å². The number of piperazine rings is 1. The van der Waals surface area contributed by atoms with Gasteiger partial charge in [-0.3, -0.25) is 15.0 Å². The summed E-state index contributed by atoms with van der Waals surface area (Å²) >= 11 is 24.3. The molecule has 0 radical (unpaired) electrons. The topological polar surface area (TPSA) is 177 Å². The van der Waals surface area contributed by atoms with Gasteiger partial charge >= 0.3 is 5.97 Å². The van der Waals surface area contributed by atoms with Crippen molar-refractivity contribution in [2.45, 2.75) is 141 Å². The van der Waals surface area contributed by atoms with Gasteiger partial charge in [-0.1, -0.05) is 120 Å². The van der Waals surface area contributed by atoms with E-state index in [1.165, 1.54) is 16.7 Å². The zero-order chi connectivity index (χ0) is 82.9.